The highest BCUT2D eigenvalue weighted by Gasteiger charge is 2.11. The molecule has 4 nitrogen and oxygen atoms in total. The van der Waals surface area contributed by atoms with Gasteiger partial charge >= 0.3 is 5.97 Å². The molecule has 0 unspecified atom stereocenters. The van der Waals surface area contributed by atoms with Gasteiger partial charge in [0.05, 0.1) is 18.8 Å². The van der Waals surface area contributed by atoms with Gasteiger partial charge in [0.1, 0.15) is 0 Å². The molecule has 76 valence electrons. The Labute approximate surface area is 85.4 Å². The smallest absolute Gasteiger partial charge is 0.335 e. The summed E-state index contributed by atoms with van der Waals surface area (Å²) < 4.78 is 0. The highest BCUT2D eigenvalue weighted by molar-refractivity contribution is 6.31. The van der Waals surface area contributed by atoms with Gasteiger partial charge in [-0.2, -0.15) is 0 Å². The van der Waals surface area contributed by atoms with E-state index in [0.29, 0.717) is 11.1 Å². The van der Waals surface area contributed by atoms with E-state index in [1.807, 2.05) is 0 Å². The van der Waals surface area contributed by atoms with Crippen LogP contribution in [0.3, 0.4) is 0 Å². The summed E-state index contributed by atoms with van der Waals surface area (Å²) in [5, 5.41) is 26.7. The summed E-state index contributed by atoms with van der Waals surface area (Å²) in [5.74, 6) is -1.12. The van der Waals surface area contributed by atoms with E-state index in [1.165, 1.54) is 12.1 Å². The first kappa shape index (κ1) is 11.0. The average Bonchev–Trinajstić information content (AvgIpc) is 2.16. The number of rotatable bonds is 3. The topological polar surface area (TPSA) is 77.8 Å². The summed E-state index contributed by atoms with van der Waals surface area (Å²) in [7, 11) is 0. The molecule has 0 spiro atoms. The minimum Gasteiger partial charge on any atom is -0.478 e. The largest absolute Gasteiger partial charge is 0.478 e. The maximum Gasteiger partial charge on any atom is 0.335 e. The second kappa shape index (κ2) is 4.41. The lowest BCUT2D eigenvalue weighted by Gasteiger charge is -2.08. The molecule has 0 aliphatic carbocycles. The molecule has 5 heteroatoms. The number of aliphatic hydroxyl groups excluding tert-OH is 2. The molecule has 0 heterocycles. The summed E-state index contributed by atoms with van der Waals surface area (Å²) in [6.45, 7) is -0.675. The Morgan fingerprint density at radius 1 is 1.29 bits per heavy atom. The van der Waals surface area contributed by atoms with Gasteiger partial charge in [0.25, 0.3) is 0 Å². The number of hydrogen-bond donors (Lipinski definition) is 3. The molecule has 0 atom stereocenters. The second-order valence-corrected chi connectivity index (χ2v) is 3.12. The van der Waals surface area contributed by atoms with Crippen LogP contribution in [0.25, 0.3) is 0 Å². The molecule has 3 N–H and O–H groups in total. The van der Waals surface area contributed by atoms with Crippen molar-refractivity contribution < 1.29 is 20.1 Å². The monoisotopic (exact) mass is 216 g/mol. The number of carboxylic acid groups (broad SMARTS) is 1. The lowest BCUT2D eigenvalue weighted by atomic mass is 10.0. The van der Waals surface area contributed by atoms with Crippen LogP contribution in [0.15, 0.2) is 12.1 Å². The standard InChI is InChI=1S/C9H9ClO4/c10-8-2-5(9(13)14)1-6(3-11)7(8)4-12/h1-2,11-12H,3-4H2,(H,13,14). The second-order valence-electron chi connectivity index (χ2n) is 2.72. The summed E-state index contributed by atoms with van der Waals surface area (Å²) in [5.41, 5.74) is 0.688. The molecule has 0 aliphatic rings. The first-order valence-corrected chi connectivity index (χ1v) is 4.24. The molecule has 0 aromatic heterocycles. The van der Waals surface area contributed by atoms with E-state index in [-0.39, 0.29) is 23.8 Å². The summed E-state index contributed by atoms with van der Waals surface area (Å²) >= 11 is 5.72. The molecule has 0 saturated heterocycles. The fourth-order valence-electron chi connectivity index (χ4n) is 1.14. The van der Waals surface area contributed by atoms with Crippen molar-refractivity contribution in [3.63, 3.8) is 0 Å². The number of benzene rings is 1. The van der Waals surface area contributed by atoms with Gasteiger partial charge in [-0.1, -0.05) is 11.6 Å². The van der Waals surface area contributed by atoms with Gasteiger partial charge in [0.2, 0.25) is 0 Å². The van der Waals surface area contributed by atoms with Crippen molar-refractivity contribution in [2.75, 3.05) is 0 Å². The van der Waals surface area contributed by atoms with Crippen molar-refractivity contribution in [2.45, 2.75) is 13.2 Å². The Balaban J connectivity index is 3.31. The van der Waals surface area contributed by atoms with Gasteiger partial charge in [0.15, 0.2) is 0 Å². The van der Waals surface area contributed by atoms with E-state index in [2.05, 4.69) is 0 Å². The van der Waals surface area contributed by atoms with Crippen LogP contribution in [0.2, 0.25) is 5.02 Å². The van der Waals surface area contributed by atoms with Crippen molar-refractivity contribution in [1.29, 1.82) is 0 Å². The number of carbonyl (C=O) groups is 1. The van der Waals surface area contributed by atoms with Gasteiger partial charge in [-0.3, -0.25) is 0 Å². The summed E-state index contributed by atoms with van der Waals surface area (Å²) in [6, 6.07) is 2.54. The maximum atomic E-state index is 10.6. The highest BCUT2D eigenvalue weighted by Crippen LogP contribution is 2.22. The van der Waals surface area contributed by atoms with Gasteiger partial charge < -0.3 is 15.3 Å². The third-order valence-electron chi connectivity index (χ3n) is 1.86. The van der Waals surface area contributed by atoms with Gasteiger partial charge in [-0.25, -0.2) is 4.79 Å². The van der Waals surface area contributed by atoms with Crippen molar-refractivity contribution in [1.82, 2.24) is 0 Å². The van der Waals surface area contributed by atoms with Crippen molar-refractivity contribution >= 4 is 17.6 Å². The first-order valence-electron chi connectivity index (χ1n) is 3.86. The first-order chi connectivity index (χ1) is 6.60. The van der Waals surface area contributed by atoms with Crippen LogP contribution in [0, 0.1) is 0 Å². The SMILES string of the molecule is O=C(O)c1cc(Cl)c(CO)c(CO)c1. The molecule has 0 amide bonds. The normalized spacial score (nSPS) is 10.2. The number of hydrogen-bond acceptors (Lipinski definition) is 3. The Kier molecular flexibility index (Phi) is 3.46. The summed E-state index contributed by atoms with van der Waals surface area (Å²) in [4.78, 5) is 10.6. The molecule has 1 rings (SSSR count). The Bertz CT molecular complexity index is 362. The Hall–Kier alpha value is -1.10. The van der Waals surface area contributed by atoms with Gasteiger partial charge in [-0.05, 0) is 17.7 Å². The molecule has 0 bridgehead atoms. The Morgan fingerprint density at radius 2 is 1.93 bits per heavy atom. The molecular weight excluding hydrogens is 208 g/mol. The van der Waals surface area contributed by atoms with Crippen LogP contribution < -0.4 is 0 Å². The molecule has 1 aromatic carbocycles. The van der Waals surface area contributed by atoms with Crippen molar-refractivity contribution in [3.05, 3.63) is 33.8 Å². The molecule has 0 fully saturated rings. The van der Waals surface area contributed by atoms with Crippen LogP contribution in [-0.2, 0) is 13.2 Å². The van der Waals surface area contributed by atoms with E-state index in [4.69, 9.17) is 26.9 Å². The van der Waals surface area contributed by atoms with E-state index >= 15 is 0 Å². The molecule has 0 aliphatic heterocycles. The van der Waals surface area contributed by atoms with Gasteiger partial charge in [-0.15, -0.1) is 0 Å². The van der Waals surface area contributed by atoms with E-state index in [1.54, 1.807) is 0 Å². The molecule has 0 saturated carbocycles. The Morgan fingerprint density at radius 3 is 2.36 bits per heavy atom. The maximum absolute atomic E-state index is 10.6. The van der Waals surface area contributed by atoms with E-state index in [0.717, 1.165) is 0 Å². The van der Waals surface area contributed by atoms with Crippen LogP contribution >= 0.6 is 11.6 Å². The van der Waals surface area contributed by atoms with Crippen molar-refractivity contribution in [3.8, 4) is 0 Å². The highest BCUT2D eigenvalue weighted by atomic mass is 35.5. The van der Waals surface area contributed by atoms with E-state index < -0.39 is 5.97 Å². The molecular formula is C9H9ClO4. The summed E-state index contributed by atoms with van der Waals surface area (Å²) in [6.07, 6.45) is 0. The fourth-order valence-corrected chi connectivity index (χ4v) is 1.43. The number of aromatic carboxylic acids is 1. The predicted octanol–water partition coefficient (Wildman–Crippen LogP) is 1.02. The van der Waals surface area contributed by atoms with Crippen LogP contribution in [-0.4, -0.2) is 21.3 Å². The quantitative estimate of drug-likeness (QED) is 0.705. The lowest BCUT2D eigenvalue weighted by Crippen LogP contribution is -2.02. The third kappa shape index (κ3) is 2.04. The molecule has 0 radical (unpaired) electrons. The zero-order valence-electron chi connectivity index (χ0n) is 7.20. The molecule has 1 aromatic rings. The minimum absolute atomic E-state index is 0.00347. The van der Waals surface area contributed by atoms with Crippen LogP contribution in [0.4, 0.5) is 0 Å². The van der Waals surface area contributed by atoms with Crippen LogP contribution in [0.1, 0.15) is 21.5 Å². The number of halogens is 1. The molecule has 14 heavy (non-hydrogen) atoms. The number of aliphatic hydroxyl groups is 2. The lowest BCUT2D eigenvalue weighted by molar-refractivity contribution is 0.0696. The zero-order valence-corrected chi connectivity index (χ0v) is 7.95. The zero-order chi connectivity index (χ0) is 10.7. The predicted molar refractivity (Wildman–Crippen MR) is 50.3 cm³/mol. The van der Waals surface area contributed by atoms with Gasteiger partial charge in [0, 0.05) is 10.6 Å². The number of carboxylic acids is 1. The van der Waals surface area contributed by atoms with Crippen molar-refractivity contribution in [2.24, 2.45) is 0 Å². The average molecular weight is 217 g/mol. The van der Waals surface area contributed by atoms with E-state index in [9.17, 15) is 4.79 Å². The third-order valence-corrected chi connectivity index (χ3v) is 2.20. The van der Waals surface area contributed by atoms with Crippen LogP contribution in [0.5, 0.6) is 0 Å². The fraction of sp³-hybridized carbons (Fsp3) is 0.222. The minimum atomic E-state index is -1.12.